The number of rotatable bonds is 3. The van der Waals surface area contributed by atoms with E-state index in [4.69, 9.17) is 17.3 Å². The highest BCUT2D eigenvalue weighted by molar-refractivity contribution is 6.30. The molecule has 1 aliphatic heterocycles. The number of carbonyl (C=O) groups is 1. The number of likely N-dealkylation sites (tertiary alicyclic amines) is 1. The lowest BCUT2D eigenvalue weighted by Crippen LogP contribution is -2.30. The van der Waals surface area contributed by atoms with E-state index in [0.29, 0.717) is 17.1 Å². The van der Waals surface area contributed by atoms with E-state index >= 15 is 0 Å². The van der Waals surface area contributed by atoms with Crippen molar-refractivity contribution in [2.45, 2.75) is 25.4 Å². The van der Waals surface area contributed by atoms with Crippen LogP contribution in [-0.2, 0) is 6.54 Å². The molecule has 1 amide bonds. The number of carbonyl (C=O) groups excluding carboxylic acids is 1. The monoisotopic (exact) mass is 315 g/mol. The summed E-state index contributed by atoms with van der Waals surface area (Å²) in [4.78, 5) is 18.9. The van der Waals surface area contributed by atoms with Crippen LogP contribution < -0.4 is 5.73 Å². The van der Waals surface area contributed by atoms with Crippen molar-refractivity contribution in [1.29, 1.82) is 0 Å². The van der Waals surface area contributed by atoms with E-state index in [2.05, 4.69) is 4.98 Å². The average molecular weight is 316 g/mol. The molecule has 2 aromatic rings. The van der Waals surface area contributed by atoms with Crippen molar-refractivity contribution in [3.05, 3.63) is 64.4 Å². The standard InChI is InChI=1S/C17H18ClN3O/c18-14-4-1-3-12(9-14)16-5-2-8-21(16)17(22)13-6-7-20-15(10-13)11-19/h1,3-4,6-7,9-10,16H,2,5,8,11,19H2. The van der Waals surface area contributed by atoms with Crippen LogP contribution in [0.1, 0.15) is 40.5 Å². The minimum absolute atomic E-state index is 0.0274. The van der Waals surface area contributed by atoms with Crippen molar-refractivity contribution in [3.63, 3.8) is 0 Å². The van der Waals surface area contributed by atoms with E-state index in [-0.39, 0.29) is 11.9 Å². The fraction of sp³-hybridized carbons (Fsp3) is 0.294. The second-order valence-electron chi connectivity index (χ2n) is 5.45. The summed E-state index contributed by atoms with van der Waals surface area (Å²) in [5.41, 5.74) is 8.06. The molecule has 1 saturated heterocycles. The number of benzene rings is 1. The minimum Gasteiger partial charge on any atom is -0.332 e. The molecule has 1 aromatic carbocycles. The lowest BCUT2D eigenvalue weighted by Gasteiger charge is -2.25. The molecule has 0 spiro atoms. The van der Waals surface area contributed by atoms with Gasteiger partial charge in [0.1, 0.15) is 0 Å². The zero-order valence-corrected chi connectivity index (χ0v) is 13.0. The van der Waals surface area contributed by atoms with Gasteiger partial charge in [0.2, 0.25) is 0 Å². The zero-order valence-electron chi connectivity index (χ0n) is 12.2. The topological polar surface area (TPSA) is 59.2 Å². The van der Waals surface area contributed by atoms with Gasteiger partial charge in [-0.05, 0) is 42.7 Å². The fourth-order valence-corrected chi connectivity index (χ4v) is 3.16. The third kappa shape index (κ3) is 2.98. The van der Waals surface area contributed by atoms with Crippen molar-refractivity contribution < 1.29 is 4.79 Å². The molecule has 1 aliphatic rings. The summed E-state index contributed by atoms with van der Waals surface area (Å²) in [5.74, 6) is 0.0274. The van der Waals surface area contributed by atoms with E-state index < -0.39 is 0 Å². The van der Waals surface area contributed by atoms with Gasteiger partial charge in [0.15, 0.2) is 0 Å². The van der Waals surface area contributed by atoms with Gasteiger partial charge in [-0.2, -0.15) is 0 Å². The summed E-state index contributed by atoms with van der Waals surface area (Å²) in [6.07, 6.45) is 3.60. The van der Waals surface area contributed by atoms with Gasteiger partial charge in [0.05, 0.1) is 11.7 Å². The lowest BCUT2D eigenvalue weighted by molar-refractivity contribution is 0.0735. The van der Waals surface area contributed by atoms with Crippen molar-refractivity contribution in [2.24, 2.45) is 5.73 Å². The second-order valence-corrected chi connectivity index (χ2v) is 5.89. The van der Waals surface area contributed by atoms with Crippen molar-refractivity contribution in [3.8, 4) is 0 Å². The quantitative estimate of drug-likeness (QED) is 0.946. The van der Waals surface area contributed by atoms with Crippen molar-refractivity contribution >= 4 is 17.5 Å². The summed E-state index contributed by atoms with van der Waals surface area (Å²) in [7, 11) is 0. The summed E-state index contributed by atoms with van der Waals surface area (Å²) < 4.78 is 0. The molecule has 2 N–H and O–H groups in total. The van der Waals surface area contributed by atoms with Crippen LogP contribution >= 0.6 is 11.6 Å². The smallest absolute Gasteiger partial charge is 0.254 e. The van der Waals surface area contributed by atoms with Crippen LogP contribution in [0, 0.1) is 0 Å². The number of nitrogens with two attached hydrogens (primary N) is 1. The molecule has 1 atom stereocenters. The van der Waals surface area contributed by atoms with E-state index in [0.717, 1.165) is 30.6 Å². The molecule has 1 unspecified atom stereocenters. The van der Waals surface area contributed by atoms with Crippen LogP contribution in [0.2, 0.25) is 5.02 Å². The van der Waals surface area contributed by atoms with Crippen LogP contribution in [0.25, 0.3) is 0 Å². The fourth-order valence-electron chi connectivity index (χ4n) is 2.96. The van der Waals surface area contributed by atoms with Crippen molar-refractivity contribution in [2.75, 3.05) is 6.54 Å². The third-order valence-corrected chi connectivity index (χ3v) is 4.25. The predicted molar refractivity (Wildman–Crippen MR) is 86.6 cm³/mol. The number of pyridine rings is 1. The molecule has 1 fully saturated rings. The van der Waals surface area contributed by atoms with E-state index in [1.165, 1.54) is 0 Å². The average Bonchev–Trinajstić information content (AvgIpc) is 3.04. The number of hydrogen-bond acceptors (Lipinski definition) is 3. The first kappa shape index (κ1) is 15.0. The molecule has 4 nitrogen and oxygen atoms in total. The largest absolute Gasteiger partial charge is 0.332 e. The summed E-state index contributed by atoms with van der Waals surface area (Å²) in [6.45, 7) is 1.09. The normalized spacial score (nSPS) is 17.7. The van der Waals surface area contributed by atoms with Gasteiger partial charge in [-0.3, -0.25) is 9.78 Å². The molecule has 0 aliphatic carbocycles. The maximum Gasteiger partial charge on any atom is 0.254 e. The van der Waals surface area contributed by atoms with Crippen LogP contribution in [0.3, 0.4) is 0 Å². The first-order valence-corrected chi connectivity index (χ1v) is 7.78. The molecule has 114 valence electrons. The van der Waals surface area contributed by atoms with Gasteiger partial charge >= 0.3 is 0 Å². The van der Waals surface area contributed by atoms with Gasteiger partial charge in [-0.15, -0.1) is 0 Å². The first-order chi connectivity index (χ1) is 10.7. The van der Waals surface area contributed by atoms with E-state index in [1.54, 1.807) is 18.3 Å². The van der Waals surface area contributed by atoms with E-state index in [9.17, 15) is 4.79 Å². The number of aromatic nitrogens is 1. The Kier molecular flexibility index (Phi) is 4.41. The molecule has 1 aromatic heterocycles. The maximum absolute atomic E-state index is 12.8. The number of hydrogen-bond donors (Lipinski definition) is 1. The van der Waals surface area contributed by atoms with Gasteiger partial charge in [-0.25, -0.2) is 0 Å². The molecule has 0 radical (unpaired) electrons. The predicted octanol–water partition coefficient (Wildman–Crippen LogP) is 3.17. The Morgan fingerprint density at radius 2 is 2.23 bits per heavy atom. The van der Waals surface area contributed by atoms with Crippen LogP contribution in [0.15, 0.2) is 42.6 Å². The first-order valence-electron chi connectivity index (χ1n) is 7.40. The summed E-state index contributed by atoms with van der Waals surface area (Å²) in [6, 6.07) is 11.3. The Labute approximate surface area is 134 Å². The van der Waals surface area contributed by atoms with Crippen LogP contribution in [0.4, 0.5) is 0 Å². The molecule has 2 heterocycles. The maximum atomic E-state index is 12.8. The molecule has 5 heteroatoms. The number of nitrogens with zero attached hydrogens (tertiary/aromatic N) is 2. The van der Waals surface area contributed by atoms with Crippen molar-refractivity contribution in [1.82, 2.24) is 9.88 Å². The Morgan fingerprint density at radius 1 is 1.36 bits per heavy atom. The Bertz CT molecular complexity index is 689. The molecule has 22 heavy (non-hydrogen) atoms. The molecule has 0 saturated carbocycles. The SMILES string of the molecule is NCc1cc(C(=O)N2CCCC2c2cccc(Cl)c2)ccn1. The Morgan fingerprint density at radius 3 is 3.00 bits per heavy atom. The van der Waals surface area contributed by atoms with Gasteiger partial charge in [0, 0.05) is 29.9 Å². The molecular formula is C17H18ClN3O. The van der Waals surface area contributed by atoms with Gasteiger partial charge in [0.25, 0.3) is 5.91 Å². The number of amides is 1. The highest BCUT2D eigenvalue weighted by Gasteiger charge is 2.30. The highest BCUT2D eigenvalue weighted by atomic mass is 35.5. The summed E-state index contributed by atoms with van der Waals surface area (Å²) >= 11 is 6.08. The lowest BCUT2D eigenvalue weighted by atomic mass is 10.0. The second kappa shape index (κ2) is 6.46. The summed E-state index contributed by atoms with van der Waals surface area (Å²) in [5, 5.41) is 0.700. The third-order valence-electron chi connectivity index (χ3n) is 4.02. The minimum atomic E-state index is 0.0274. The van der Waals surface area contributed by atoms with Gasteiger partial charge in [-0.1, -0.05) is 23.7 Å². The Balaban J connectivity index is 1.87. The zero-order chi connectivity index (χ0) is 15.5. The molecule has 0 bridgehead atoms. The molecular weight excluding hydrogens is 298 g/mol. The van der Waals surface area contributed by atoms with Gasteiger partial charge < -0.3 is 10.6 Å². The van der Waals surface area contributed by atoms with E-state index in [1.807, 2.05) is 29.2 Å². The highest BCUT2D eigenvalue weighted by Crippen LogP contribution is 2.34. The van der Waals surface area contributed by atoms with Crippen LogP contribution in [0.5, 0.6) is 0 Å². The molecule has 3 rings (SSSR count). The van der Waals surface area contributed by atoms with Crippen LogP contribution in [-0.4, -0.2) is 22.3 Å². The Hall–Kier alpha value is -1.91. The number of halogens is 1.